The van der Waals surface area contributed by atoms with E-state index in [1.54, 1.807) is 0 Å². The number of carbonyl (C=O) groups excluding carboxylic acids is 1. The average molecular weight is 232 g/mol. The van der Waals surface area contributed by atoms with Gasteiger partial charge in [0.1, 0.15) is 17.6 Å². The van der Waals surface area contributed by atoms with Crippen LogP contribution in [0.5, 0.6) is 5.75 Å². The van der Waals surface area contributed by atoms with Gasteiger partial charge in [-0.3, -0.25) is 4.79 Å². The van der Waals surface area contributed by atoms with Gasteiger partial charge in [0.2, 0.25) is 0 Å². The molecular formula is C15H20O2. The van der Waals surface area contributed by atoms with Crippen LogP contribution in [0.3, 0.4) is 0 Å². The van der Waals surface area contributed by atoms with Crippen molar-refractivity contribution < 1.29 is 9.53 Å². The number of hydrogen-bond donors (Lipinski definition) is 0. The standard InChI is InChI=1S/C15H20O2/c1-10(2)12-5-4-11(3)15(8-12)17-14-7-6-13(16)9-14/h4-5,8,10,14H,6-7,9H2,1-3H3. The maximum atomic E-state index is 11.2. The van der Waals surface area contributed by atoms with Crippen LogP contribution < -0.4 is 4.74 Å². The molecule has 1 aromatic carbocycles. The first-order chi connectivity index (χ1) is 8.06. The minimum absolute atomic E-state index is 0.0867. The summed E-state index contributed by atoms with van der Waals surface area (Å²) in [7, 11) is 0. The quantitative estimate of drug-likeness (QED) is 0.795. The van der Waals surface area contributed by atoms with Gasteiger partial charge in [-0.15, -0.1) is 0 Å². The Morgan fingerprint density at radius 1 is 1.35 bits per heavy atom. The first-order valence-corrected chi connectivity index (χ1v) is 6.35. The fourth-order valence-corrected chi connectivity index (χ4v) is 2.16. The molecular weight excluding hydrogens is 212 g/mol. The van der Waals surface area contributed by atoms with Crippen LogP contribution in [0.15, 0.2) is 18.2 Å². The second-order valence-corrected chi connectivity index (χ2v) is 5.20. The summed E-state index contributed by atoms with van der Waals surface area (Å²) in [5.41, 5.74) is 2.43. The molecule has 1 aliphatic carbocycles. The molecule has 1 saturated carbocycles. The number of benzene rings is 1. The lowest BCUT2D eigenvalue weighted by atomic mass is 10.0. The van der Waals surface area contributed by atoms with Gasteiger partial charge in [-0.05, 0) is 36.5 Å². The first kappa shape index (κ1) is 12.2. The SMILES string of the molecule is Cc1ccc(C(C)C)cc1OC1CCC(=O)C1. The number of aryl methyl sites for hydroxylation is 1. The van der Waals surface area contributed by atoms with E-state index in [9.17, 15) is 4.79 Å². The van der Waals surface area contributed by atoms with Gasteiger partial charge in [0.05, 0.1) is 0 Å². The van der Waals surface area contributed by atoms with Gasteiger partial charge in [-0.1, -0.05) is 26.0 Å². The van der Waals surface area contributed by atoms with E-state index < -0.39 is 0 Å². The molecule has 1 aromatic rings. The molecule has 0 bridgehead atoms. The third kappa shape index (κ3) is 2.87. The lowest BCUT2D eigenvalue weighted by molar-refractivity contribution is -0.117. The lowest BCUT2D eigenvalue weighted by Gasteiger charge is -2.16. The van der Waals surface area contributed by atoms with Crippen LogP contribution in [-0.4, -0.2) is 11.9 Å². The highest BCUT2D eigenvalue weighted by Gasteiger charge is 2.24. The summed E-state index contributed by atoms with van der Waals surface area (Å²) in [5, 5.41) is 0. The number of hydrogen-bond acceptors (Lipinski definition) is 2. The molecule has 0 saturated heterocycles. The van der Waals surface area contributed by atoms with Crippen molar-refractivity contribution in [1.29, 1.82) is 0 Å². The third-order valence-corrected chi connectivity index (χ3v) is 3.37. The van der Waals surface area contributed by atoms with E-state index >= 15 is 0 Å². The van der Waals surface area contributed by atoms with Crippen LogP contribution in [0.2, 0.25) is 0 Å². The molecule has 2 heteroatoms. The van der Waals surface area contributed by atoms with E-state index in [1.807, 2.05) is 0 Å². The minimum Gasteiger partial charge on any atom is -0.490 e. The number of Topliss-reactive ketones (excluding diaryl/α,β-unsaturated/α-hetero) is 1. The van der Waals surface area contributed by atoms with Crippen LogP contribution in [-0.2, 0) is 4.79 Å². The highest BCUT2D eigenvalue weighted by atomic mass is 16.5. The maximum absolute atomic E-state index is 11.2. The van der Waals surface area contributed by atoms with Gasteiger partial charge in [-0.2, -0.15) is 0 Å². The van der Waals surface area contributed by atoms with Crippen LogP contribution in [0, 0.1) is 6.92 Å². The Morgan fingerprint density at radius 3 is 2.71 bits per heavy atom. The molecule has 0 radical (unpaired) electrons. The second-order valence-electron chi connectivity index (χ2n) is 5.20. The van der Waals surface area contributed by atoms with E-state index in [0.29, 0.717) is 24.5 Å². The Labute approximate surface area is 103 Å². The highest BCUT2D eigenvalue weighted by molar-refractivity contribution is 5.81. The molecule has 92 valence electrons. The molecule has 0 aromatic heterocycles. The number of rotatable bonds is 3. The van der Waals surface area contributed by atoms with Gasteiger partial charge in [0.25, 0.3) is 0 Å². The molecule has 1 unspecified atom stereocenters. The smallest absolute Gasteiger partial charge is 0.136 e. The minimum atomic E-state index is 0.0867. The van der Waals surface area contributed by atoms with E-state index in [0.717, 1.165) is 17.7 Å². The van der Waals surface area contributed by atoms with E-state index in [-0.39, 0.29) is 6.10 Å². The summed E-state index contributed by atoms with van der Waals surface area (Å²) >= 11 is 0. The molecule has 17 heavy (non-hydrogen) atoms. The topological polar surface area (TPSA) is 26.3 Å². The fraction of sp³-hybridized carbons (Fsp3) is 0.533. The largest absolute Gasteiger partial charge is 0.490 e. The van der Waals surface area contributed by atoms with Gasteiger partial charge < -0.3 is 4.74 Å². The Morgan fingerprint density at radius 2 is 2.12 bits per heavy atom. The summed E-state index contributed by atoms with van der Waals surface area (Å²) in [5.74, 6) is 1.77. The predicted molar refractivity (Wildman–Crippen MR) is 68.5 cm³/mol. The molecule has 0 heterocycles. The lowest BCUT2D eigenvalue weighted by Crippen LogP contribution is -2.13. The Hall–Kier alpha value is -1.31. The molecule has 1 aliphatic rings. The summed E-state index contributed by atoms with van der Waals surface area (Å²) in [6.07, 6.45) is 2.20. The molecule has 0 N–H and O–H groups in total. The summed E-state index contributed by atoms with van der Waals surface area (Å²) in [6, 6.07) is 6.36. The summed E-state index contributed by atoms with van der Waals surface area (Å²) in [4.78, 5) is 11.2. The van der Waals surface area contributed by atoms with Gasteiger partial charge in [0, 0.05) is 12.8 Å². The second kappa shape index (κ2) is 4.91. The van der Waals surface area contributed by atoms with Gasteiger partial charge in [0.15, 0.2) is 0 Å². The Balaban J connectivity index is 2.14. The fourth-order valence-electron chi connectivity index (χ4n) is 2.16. The molecule has 2 nitrogen and oxygen atoms in total. The summed E-state index contributed by atoms with van der Waals surface area (Å²) in [6.45, 7) is 6.40. The Kier molecular flexibility index (Phi) is 3.51. The molecule has 2 rings (SSSR count). The van der Waals surface area contributed by atoms with Crippen molar-refractivity contribution in [2.75, 3.05) is 0 Å². The van der Waals surface area contributed by atoms with Gasteiger partial charge in [-0.25, -0.2) is 0 Å². The van der Waals surface area contributed by atoms with Crippen LogP contribution in [0.1, 0.15) is 50.2 Å². The van der Waals surface area contributed by atoms with Crippen molar-refractivity contribution in [2.24, 2.45) is 0 Å². The number of ketones is 1. The third-order valence-electron chi connectivity index (χ3n) is 3.37. The zero-order chi connectivity index (χ0) is 12.4. The van der Waals surface area contributed by atoms with E-state index in [2.05, 4.69) is 39.0 Å². The van der Waals surface area contributed by atoms with Crippen molar-refractivity contribution in [3.05, 3.63) is 29.3 Å². The van der Waals surface area contributed by atoms with E-state index in [4.69, 9.17) is 4.74 Å². The van der Waals surface area contributed by atoms with Crippen LogP contribution >= 0.6 is 0 Å². The van der Waals surface area contributed by atoms with Crippen LogP contribution in [0.4, 0.5) is 0 Å². The van der Waals surface area contributed by atoms with Crippen LogP contribution in [0.25, 0.3) is 0 Å². The molecule has 0 amide bonds. The average Bonchev–Trinajstić information content (AvgIpc) is 2.67. The predicted octanol–water partition coefficient (Wildman–Crippen LogP) is 3.62. The van der Waals surface area contributed by atoms with Crippen molar-refractivity contribution in [3.63, 3.8) is 0 Å². The van der Waals surface area contributed by atoms with Gasteiger partial charge >= 0.3 is 0 Å². The molecule has 0 spiro atoms. The Bertz CT molecular complexity index is 421. The zero-order valence-electron chi connectivity index (χ0n) is 10.8. The number of carbonyl (C=O) groups is 1. The monoisotopic (exact) mass is 232 g/mol. The number of ether oxygens (including phenoxy) is 1. The zero-order valence-corrected chi connectivity index (χ0v) is 10.8. The normalized spacial score (nSPS) is 20.0. The van der Waals surface area contributed by atoms with Crippen molar-refractivity contribution in [2.45, 2.75) is 52.1 Å². The maximum Gasteiger partial charge on any atom is 0.136 e. The van der Waals surface area contributed by atoms with Crippen molar-refractivity contribution in [1.82, 2.24) is 0 Å². The molecule has 0 aliphatic heterocycles. The van der Waals surface area contributed by atoms with E-state index in [1.165, 1.54) is 5.56 Å². The summed E-state index contributed by atoms with van der Waals surface area (Å²) < 4.78 is 5.95. The highest BCUT2D eigenvalue weighted by Crippen LogP contribution is 2.28. The van der Waals surface area contributed by atoms with Crippen molar-refractivity contribution >= 4 is 5.78 Å². The first-order valence-electron chi connectivity index (χ1n) is 6.35. The molecule has 1 fully saturated rings. The molecule has 1 atom stereocenters. The van der Waals surface area contributed by atoms with Crippen molar-refractivity contribution in [3.8, 4) is 5.75 Å².